The van der Waals surface area contributed by atoms with Gasteiger partial charge in [-0.25, -0.2) is 0 Å². The summed E-state index contributed by atoms with van der Waals surface area (Å²) in [6.07, 6.45) is 2.16. The number of nitrogens with one attached hydrogen (secondary N) is 1. The van der Waals surface area contributed by atoms with E-state index in [1.54, 1.807) is 0 Å². The average Bonchev–Trinajstić information content (AvgIpc) is 2.90. The number of rotatable bonds is 8. The molecule has 0 amide bonds. The molecule has 4 heteroatoms. The molecular weight excluding hydrogens is 330 g/mol. The normalized spacial score (nSPS) is 21.9. The molecule has 1 aliphatic rings. The summed E-state index contributed by atoms with van der Waals surface area (Å²) in [4.78, 5) is 0. The number of benzene rings is 1. The fourth-order valence-corrected chi connectivity index (χ4v) is 2.88. The first kappa shape index (κ1) is 16.8. The zero-order valence-corrected chi connectivity index (χ0v) is 14.6. The zero-order chi connectivity index (χ0) is 15.1. The van der Waals surface area contributed by atoms with E-state index in [-0.39, 0.29) is 5.41 Å². The SMILES string of the molecule is CC(C)CNCC1(CCOc2ccc(Br)cc2)CCOC1. The molecule has 1 N–H and O–H groups in total. The lowest BCUT2D eigenvalue weighted by atomic mass is 9.84. The van der Waals surface area contributed by atoms with Crippen molar-refractivity contribution in [3.63, 3.8) is 0 Å². The van der Waals surface area contributed by atoms with E-state index in [0.29, 0.717) is 5.92 Å². The van der Waals surface area contributed by atoms with Crippen LogP contribution < -0.4 is 10.1 Å². The predicted octanol–water partition coefficient (Wildman–Crippen LogP) is 3.87. The van der Waals surface area contributed by atoms with Crippen LogP contribution in [0.1, 0.15) is 26.7 Å². The predicted molar refractivity (Wildman–Crippen MR) is 89.8 cm³/mol. The van der Waals surface area contributed by atoms with Crippen molar-refractivity contribution in [3.8, 4) is 5.75 Å². The standard InChI is InChI=1S/C17H26BrNO2/c1-14(2)11-19-12-17(7-9-20-13-17)8-10-21-16-5-3-15(18)4-6-16/h3-6,14,19H,7-13H2,1-2H3. The molecule has 2 rings (SSSR count). The van der Waals surface area contributed by atoms with Crippen LogP contribution in [0.3, 0.4) is 0 Å². The molecule has 0 aromatic heterocycles. The lowest BCUT2D eigenvalue weighted by Crippen LogP contribution is -2.37. The Hall–Kier alpha value is -0.580. The van der Waals surface area contributed by atoms with Crippen LogP contribution in [-0.4, -0.2) is 32.9 Å². The first-order valence-electron chi connectivity index (χ1n) is 7.76. The van der Waals surface area contributed by atoms with Gasteiger partial charge in [0.05, 0.1) is 13.2 Å². The van der Waals surface area contributed by atoms with Gasteiger partial charge in [0.2, 0.25) is 0 Å². The van der Waals surface area contributed by atoms with Crippen LogP contribution in [0.25, 0.3) is 0 Å². The van der Waals surface area contributed by atoms with Gasteiger partial charge >= 0.3 is 0 Å². The Morgan fingerprint density at radius 3 is 2.71 bits per heavy atom. The van der Waals surface area contributed by atoms with Crippen LogP contribution in [0.5, 0.6) is 5.75 Å². The largest absolute Gasteiger partial charge is 0.494 e. The minimum Gasteiger partial charge on any atom is -0.494 e. The van der Waals surface area contributed by atoms with Gasteiger partial charge in [0.25, 0.3) is 0 Å². The molecule has 1 aliphatic heterocycles. The van der Waals surface area contributed by atoms with Gasteiger partial charge in [-0.2, -0.15) is 0 Å². The Morgan fingerprint density at radius 1 is 1.33 bits per heavy atom. The fraction of sp³-hybridized carbons (Fsp3) is 0.647. The Balaban J connectivity index is 1.78. The van der Waals surface area contributed by atoms with Gasteiger partial charge in [0, 0.05) is 23.0 Å². The second kappa shape index (κ2) is 8.16. The third-order valence-electron chi connectivity index (χ3n) is 3.95. The van der Waals surface area contributed by atoms with Gasteiger partial charge in [-0.05, 0) is 49.6 Å². The summed E-state index contributed by atoms with van der Waals surface area (Å²) in [7, 11) is 0. The Bertz CT molecular complexity index is 413. The van der Waals surface area contributed by atoms with E-state index in [0.717, 1.165) is 56.0 Å². The molecule has 1 fully saturated rings. The van der Waals surface area contributed by atoms with Crippen LogP contribution in [0.2, 0.25) is 0 Å². The van der Waals surface area contributed by atoms with Crippen molar-refractivity contribution in [3.05, 3.63) is 28.7 Å². The van der Waals surface area contributed by atoms with Gasteiger partial charge < -0.3 is 14.8 Å². The maximum Gasteiger partial charge on any atom is 0.119 e. The maximum atomic E-state index is 5.87. The van der Waals surface area contributed by atoms with Crippen molar-refractivity contribution in [2.45, 2.75) is 26.7 Å². The molecule has 21 heavy (non-hydrogen) atoms. The number of ether oxygens (including phenoxy) is 2. The molecule has 1 saturated heterocycles. The van der Waals surface area contributed by atoms with Gasteiger partial charge in [-0.3, -0.25) is 0 Å². The summed E-state index contributed by atoms with van der Waals surface area (Å²) in [6.45, 7) is 9.03. The van der Waals surface area contributed by atoms with Crippen LogP contribution in [0, 0.1) is 11.3 Å². The number of halogens is 1. The molecule has 0 spiro atoms. The van der Waals surface area contributed by atoms with Crippen molar-refractivity contribution in [1.82, 2.24) is 5.32 Å². The Labute approximate surface area is 136 Å². The van der Waals surface area contributed by atoms with E-state index in [2.05, 4.69) is 35.1 Å². The van der Waals surface area contributed by atoms with Crippen LogP contribution in [-0.2, 0) is 4.74 Å². The summed E-state index contributed by atoms with van der Waals surface area (Å²) in [5.41, 5.74) is 0.240. The summed E-state index contributed by atoms with van der Waals surface area (Å²) in [6, 6.07) is 8.01. The van der Waals surface area contributed by atoms with E-state index in [1.165, 1.54) is 0 Å². The molecule has 0 aliphatic carbocycles. The minimum absolute atomic E-state index is 0.240. The zero-order valence-electron chi connectivity index (χ0n) is 13.0. The molecule has 1 atom stereocenters. The van der Waals surface area contributed by atoms with Crippen LogP contribution >= 0.6 is 15.9 Å². The highest BCUT2D eigenvalue weighted by atomic mass is 79.9. The van der Waals surface area contributed by atoms with Crippen molar-refractivity contribution < 1.29 is 9.47 Å². The lowest BCUT2D eigenvalue weighted by Gasteiger charge is -2.28. The minimum atomic E-state index is 0.240. The van der Waals surface area contributed by atoms with Gasteiger partial charge in [-0.1, -0.05) is 29.8 Å². The van der Waals surface area contributed by atoms with E-state index in [1.807, 2.05) is 24.3 Å². The molecule has 3 nitrogen and oxygen atoms in total. The van der Waals surface area contributed by atoms with Crippen LogP contribution in [0.4, 0.5) is 0 Å². The first-order chi connectivity index (χ1) is 10.1. The molecule has 1 aromatic carbocycles. The average molecular weight is 356 g/mol. The fourth-order valence-electron chi connectivity index (χ4n) is 2.62. The first-order valence-corrected chi connectivity index (χ1v) is 8.56. The molecule has 0 radical (unpaired) electrons. The van der Waals surface area contributed by atoms with Gasteiger partial charge in [-0.15, -0.1) is 0 Å². The van der Waals surface area contributed by atoms with E-state index >= 15 is 0 Å². The van der Waals surface area contributed by atoms with Crippen LogP contribution in [0.15, 0.2) is 28.7 Å². The van der Waals surface area contributed by atoms with Crippen molar-refractivity contribution >= 4 is 15.9 Å². The van der Waals surface area contributed by atoms with E-state index in [9.17, 15) is 0 Å². The van der Waals surface area contributed by atoms with Crippen molar-refractivity contribution in [2.75, 3.05) is 32.9 Å². The second-order valence-electron chi connectivity index (χ2n) is 6.38. The van der Waals surface area contributed by atoms with Crippen molar-refractivity contribution in [1.29, 1.82) is 0 Å². The monoisotopic (exact) mass is 355 g/mol. The molecule has 0 bridgehead atoms. The molecular formula is C17H26BrNO2. The maximum absolute atomic E-state index is 5.87. The van der Waals surface area contributed by atoms with Gasteiger partial charge in [0.1, 0.15) is 5.75 Å². The quantitative estimate of drug-likeness (QED) is 0.767. The highest BCUT2D eigenvalue weighted by Crippen LogP contribution is 2.32. The highest BCUT2D eigenvalue weighted by molar-refractivity contribution is 9.10. The molecule has 1 unspecified atom stereocenters. The van der Waals surface area contributed by atoms with Gasteiger partial charge in [0.15, 0.2) is 0 Å². The Morgan fingerprint density at radius 2 is 2.10 bits per heavy atom. The summed E-state index contributed by atoms with van der Waals surface area (Å²) < 4.78 is 12.6. The molecule has 118 valence electrons. The number of hydrogen-bond donors (Lipinski definition) is 1. The highest BCUT2D eigenvalue weighted by Gasteiger charge is 2.34. The van der Waals surface area contributed by atoms with E-state index in [4.69, 9.17) is 9.47 Å². The second-order valence-corrected chi connectivity index (χ2v) is 7.30. The van der Waals surface area contributed by atoms with Crippen molar-refractivity contribution in [2.24, 2.45) is 11.3 Å². The molecule has 1 heterocycles. The topological polar surface area (TPSA) is 30.5 Å². The summed E-state index contributed by atoms with van der Waals surface area (Å²) in [5.74, 6) is 1.62. The Kier molecular flexibility index (Phi) is 6.52. The van der Waals surface area contributed by atoms with E-state index < -0.39 is 0 Å². The molecule has 0 saturated carbocycles. The number of hydrogen-bond acceptors (Lipinski definition) is 3. The molecule has 1 aromatic rings. The smallest absolute Gasteiger partial charge is 0.119 e. The lowest BCUT2D eigenvalue weighted by molar-refractivity contribution is 0.128. The summed E-state index contributed by atoms with van der Waals surface area (Å²) >= 11 is 3.44. The summed E-state index contributed by atoms with van der Waals surface area (Å²) in [5, 5.41) is 3.58. The third kappa shape index (κ3) is 5.61. The third-order valence-corrected chi connectivity index (χ3v) is 4.48.